The van der Waals surface area contributed by atoms with E-state index in [0.717, 1.165) is 0 Å². The molecule has 0 aromatic heterocycles. The molecule has 0 aliphatic rings. The lowest BCUT2D eigenvalue weighted by Gasteiger charge is -2.03. The van der Waals surface area contributed by atoms with Crippen LogP contribution < -0.4 is 10.5 Å². The molecule has 18 heavy (non-hydrogen) atoms. The molecule has 0 fully saturated rings. The van der Waals surface area contributed by atoms with Crippen molar-refractivity contribution in [3.8, 4) is 5.75 Å². The number of nitrogen functional groups attached to an aromatic ring is 1. The predicted molar refractivity (Wildman–Crippen MR) is 73.0 cm³/mol. The molecule has 0 heterocycles. The fraction of sp³-hybridized carbons (Fsp3) is 0.0769. The van der Waals surface area contributed by atoms with Crippen molar-refractivity contribution in [1.82, 2.24) is 0 Å². The first kappa shape index (κ1) is 12.4. The molecule has 0 spiro atoms. The Morgan fingerprint density at radius 3 is 2.44 bits per heavy atom. The molecule has 2 rings (SSSR count). The summed E-state index contributed by atoms with van der Waals surface area (Å²) in [5.74, 6) is 0.624. The summed E-state index contributed by atoms with van der Waals surface area (Å²) in [5, 5.41) is 8.80. The van der Waals surface area contributed by atoms with Crippen molar-refractivity contribution < 1.29 is 4.74 Å². The first-order valence-electron chi connectivity index (χ1n) is 5.30. The van der Waals surface area contributed by atoms with E-state index in [2.05, 4.69) is 10.2 Å². The summed E-state index contributed by atoms with van der Waals surface area (Å²) in [4.78, 5) is 0. The fourth-order valence-electron chi connectivity index (χ4n) is 1.39. The highest BCUT2D eigenvalue weighted by Crippen LogP contribution is 2.31. The Labute approximate surface area is 110 Å². The standard InChI is InChI=1S/C13H12ClN3O/c1-18-13-7-2-9(14)8-12(13)17-16-11-5-3-10(15)4-6-11/h2-8H,15H2,1H3. The summed E-state index contributed by atoms with van der Waals surface area (Å²) in [7, 11) is 1.57. The van der Waals surface area contributed by atoms with Gasteiger partial charge in [-0.1, -0.05) is 11.6 Å². The molecule has 0 amide bonds. The highest BCUT2D eigenvalue weighted by atomic mass is 35.5. The van der Waals surface area contributed by atoms with Gasteiger partial charge in [0.15, 0.2) is 0 Å². The number of anilines is 1. The van der Waals surface area contributed by atoms with Gasteiger partial charge in [-0.3, -0.25) is 0 Å². The van der Waals surface area contributed by atoms with Crippen molar-refractivity contribution in [3.63, 3.8) is 0 Å². The number of nitrogens with two attached hydrogens (primary N) is 1. The highest BCUT2D eigenvalue weighted by Gasteiger charge is 2.02. The van der Waals surface area contributed by atoms with Crippen LogP contribution in [0.3, 0.4) is 0 Å². The number of azo groups is 1. The van der Waals surface area contributed by atoms with Gasteiger partial charge in [0.1, 0.15) is 11.4 Å². The van der Waals surface area contributed by atoms with Crippen molar-refractivity contribution in [2.24, 2.45) is 10.2 Å². The van der Waals surface area contributed by atoms with Crippen LogP contribution in [0.1, 0.15) is 0 Å². The van der Waals surface area contributed by atoms with Crippen LogP contribution >= 0.6 is 11.6 Å². The van der Waals surface area contributed by atoms with Crippen molar-refractivity contribution in [2.45, 2.75) is 0 Å². The molecule has 0 aliphatic carbocycles. The predicted octanol–water partition coefficient (Wildman–Crippen LogP) is 4.35. The molecule has 0 bridgehead atoms. The van der Waals surface area contributed by atoms with E-state index in [0.29, 0.717) is 27.8 Å². The number of benzene rings is 2. The molecule has 0 saturated heterocycles. The Kier molecular flexibility index (Phi) is 3.79. The van der Waals surface area contributed by atoms with Gasteiger partial charge in [0.2, 0.25) is 0 Å². The second-order valence-corrected chi connectivity index (χ2v) is 4.04. The van der Waals surface area contributed by atoms with E-state index in [1.54, 1.807) is 49.6 Å². The minimum atomic E-state index is 0.585. The van der Waals surface area contributed by atoms with E-state index < -0.39 is 0 Å². The molecule has 0 aliphatic heterocycles. The van der Waals surface area contributed by atoms with Gasteiger partial charge >= 0.3 is 0 Å². The Balaban J connectivity index is 2.27. The number of hydrogen-bond donors (Lipinski definition) is 1. The van der Waals surface area contributed by atoms with Crippen LogP contribution in [0.15, 0.2) is 52.7 Å². The van der Waals surface area contributed by atoms with E-state index in [1.807, 2.05) is 0 Å². The summed E-state index contributed by atoms with van der Waals surface area (Å²) in [6.45, 7) is 0. The third kappa shape index (κ3) is 2.99. The Hall–Kier alpha value is -2.07. The molecule has 0 radical (unpaired) electrons. The van der Waals surface area contributed by atoms with Gasteiger partial charge in [-0.05, 0) is 42.5 Å². The number of ether oxygens (including phenoxy) is 1. The maximum absolute atomic E-state index is 5.90. The average molecular weight is 262 g/mol. The highest BCUT2D eigenvalue weighted by molar-refractivity contribution is 6.30. The van der Waals surface area contributed by atoms with E-state index >= 15 is 0 Å². The minimum absolute atomic E-state index is 0.585. The largest absolute Gasteiger partial charge is 0.494 e. The zero-order chi connectivity index (χ0) is 13.0. The molecule has 0 atom stereocenters. The average Bonchev–Trinajstić information content (AvgIpc) is 2.38. The van der Waals surface area contributed by atoms with Gasteiger partial charge in [-0.2, -0.15) is 5.11 Å². The molecule has 2 aromatic rings. The van der Waals surface area contributed by atoms with E-state index in [4.69, 9.17) is 22.1 Å². The van der Waals surface area contributed by atoms with Crippen molar-refractivity contribution in [2.75, 3.05) is 12.8 Å². The minimum Gasteiger partial charge on any atom is -0.494 e. The smallest absolute Gasteiger partial charge is 0.146 e. The molecule has 92 valence electrons. The van der Waals surface area contributed by atoms with Gasteiger partial charge < -0.3 is 10.5 Å². The van der Waals surface area contributed by atoms with Crippen molar-refractivity contribution >= 4 is 28.7 Å². The van der Waals surface area contributed by atoms with Crippen molar-refractivity contribution in [3.05, 3.63) is 47.5 Å². The lowest BCUT2D eigenvalue weighted by Crippen LogP contribution is -1.82. The molecule has 0 saturated carbocycles. The molecule has 5 heteroatoms. The maximum atomic E-state index is 5.90. The number of rotatable bonds is 3. The van der Waals surface area contributed by atoms with Crippen molar-refractivity contribution in [1.29, 1.82) is 0 Å². The lowest BCUT2D eigenvalue weighted by molar-refractivity contribution is 0.416. The Morgan fingerprint density at radius 1 is 1.06 bits per heavy atom. The quantitative estimate of drug-likeness (QED) is 0.660. The second-order valence-electron chi connectivity index (χ2n) is 3.61. The third-order valence-electron chi connectivity index (χ3n) is 2.31. The SMILES string of the molecule is COc1ccc(Cl)cc1N=Nc1ccc(N)cc1. The summed E-state index contributed by atoms with van der Waals surface area (Å²) < 4.78 is 5.18. The van der Waals surface area contributed by atoms with Crippen LogP contribution in [0.4, 0.5) is 17.1 Å². The number of halogens is 1. The molecular formula is C13H12ClN3O. The van der Waals surface area contributed by atoms with E-state index in [9.17, 15) is 0 Å². The maximum Gasteiger partial charge on any atom is 0.146 e. The van der Waals surface area contributed by atoms with Crippen LogP contribution in [0.5, 0.6) is 5.75 Å². The monoisotopic (exact) mass is 261 g/mol. The summed E-state index contributed by atoms with van der Waals surface area (Å²) in [5.41, 5.74) is 7.58. The van der Waals surface area contributed by atoms with Gasteiger partial charge in [-0.15, -0.1) is 5.11 Å². The summed E-state index contributed by atoms with van der Waals surface area (Å²) >= 11 is 5.90. The third-order valence-corrected chi connectivity index (χ3v) is 2.54. The van der Waals surface area contributed by atoms with Gasteiger partial charge in [0, 0.05) is 10.7 Å². The van der Waals surface area contributed by atoms with Gasteiger partial charge in [-0.25, -0.2) is 0 Å². The number of methoxy groups -OCH3 is 1. The molecule has 2 N–H and O–H groups in total. The number of nitrogens with zero attached hydrogens (tertiary/aromatic N) is 2. The number of hydrogen-bond acceptors (Lipinski definition) is 4. The van der Waals surface area contributed by atoms with Crippen LogP contribution in [0, 0.1) is 0 Å². The molecular weight excluding hydrogens is 250 g/mol. The van der Waals surface area contributed by atoms with Crippen LogP contribution in [-0.4, -0.2) is 7.11 Å². The van der Waals surface area contributed by atoms with Crippen LogP contribution in [0.2, 0.25) is 5.02 Å². The first-order valence-corrected chi connectivity index (χ1v) is 5.67. The Bertz CT molecular complexity index is 567. The Morgan fingerprint density at radius 2 is 1.78 bits per heavy atom. The van der Waals surface area contributed by atoms with Gasteiger partial charge in [0.05, 0.1) is 12.8 Å². The zero-order valence-corrected chi connectivity index (χ0v) is 10.6. The normalized spacial score (nSPS) is 10.8. The summed E-state index contributed by atoms with van der Waals surface area (Å²) in [6, 6.07) is 12.3. The fourth-order valence-corrected chi connectivity index (χ4v) is 1.56. The van der Waals surface area contributed by atoms with E-state index in [-0.39, 0.29) is 0 Å². The lowest BCUT2D eigenvalue weighted by atomic mass is 10.3. The summed E-state index contributed by atoms with van der Waals surface area (Å²) in [6.07, 6.45) is 0. The zero-order valence-electron chi connectivity index (χ0n) is 9.80. The first-order chi connectivity index (χ1) is 8.69. The van der Waals surface area contributed by atoms with Crippen LogP contribution in [-0.2, 0) is 0 Å². The second kappa shape index (κ2) is 5.51. The molecule has 0 unspecified atom stereocenters. The van der Waals surface area contributed by atoms with E-state index in [1.165, 1.54) is 0 Å². The molecule has 2 aromatic carbocycles. The molecule has 4 nitrogen and oxygen atoms in total. The van der Waals surface area contributed by atoms with Gasteiger partial charge in [0.25, 0.3) is 0 Å². The topological polar surface area (TPSA) is 60.0 Å². The van der Waals surface area contributed by atoms with Crippen LogP contribution in [0.25, 0.3) is 0 Å².